The van der Waals surface area contributed by atoms with Crippen LogP contribution in [0.1, 0.15) is 0 Å². The van der Waals surface area contributed by atoms with Gasteiger partial charge < -0.3 is 5.32 Å². The maximum Gasteiger partial charge on any atom is 0.211 e. The molecule has 0 radical (unpaired) electrons. The fourth-order valence-electron chi connectivity index (χ4n) is 1.70. The van der Waals surface area contributed by atoms with Crippen molar-refractivity contribution in [2.24, 2.45) is 0 Å². The first-order chi connectivity index (χ1) is 10.3. The van der Waals surface area contributed by atoms with Crippen LogP contribution >= 0.6 is 0 Å². The monoisotopic (exact) mass is 394 g/mol. The molecule has 0 heterocycles. The summed E-state index contributed by atoms with van der Waals surface area (Å²) in [5.74, 6) is 0. The zero-order valence-corrected chi connectivity index (χ0v) is 16.3. The van der Waals surface area contributed by atoms with Gasteiger partial charge in [0, 0.05) is 39.3 Å². The van der Waals surface area contributed by atoms with Crippen LogP contribution in [0.2, 0.25) is 0 Å². The molecule has 0 aromatic rings. The standard InChI is InChI=1S/C10H26N4O6S3/c1-11-5-7-13(22(3,17)18)9-10-14(23(4,19)20)8-6-12-21(2,15)16/h11-12H,5-10H2,1-4H3. The second kappa shape index (κ2) is 9.25. The first kappa shape index (κ1) is 22.7. The molecule has 0 aliphatic heterocycles. The first-order valence-corrected chi connectivity index (χ1v) is 12.4. The lowest BCUT2D eigenvalue weighted by Gasteiger charge is -2.25. The van der Waals surface area contributed by atoms with E-state index in [-0.39, 0.29) is 32.7 Å². The number of sulfonamides is 3. The lowest BCUT2D eigenvalue weighted by Crippen LogP contribution is -2.44. The van der Waals surface area contributed by atoms with E-state index in [9.17, 15) is 25.3 Å². The molecule has 13 heteroatoms. The van der Waals surface area contributed by atoms with Crippen molar-refractivity contribution in [3.8, 4) is 0 Å². The van der Waals surface area contributed by atoms with Crippen molar-refractivity contribution in [1.82, 2.24) is 18.6 Å². The highest BCUT2D eigenvalue weighted by Crippen LogP contribution is 2.02. The summed E-state index contributed by atoms with van der Waals surface area (Å²) in [5.41, 5.74) is 0. The molecule has 23 heavy (non-hydrogen) atoms. The third kappa shape index (κ3) is 11.0. The predicted molar refractivity (Wildman–Crippen MR) is 89.6 cm³/mol. The molecule has 0 unspecified atom stereocenters. The molecule has 2 N–H and O–H groups in total. The van der Waals surface area contributed by atoms with E-state index in [0.717, 1.165) is 23.1 Å². The van der Waals surface area contributed by atoms with Crippen LogP contribution in [0.15, 0.2) is 0 Å². The van der Waals surface area contributed by atoms with Crippen molar-refractivity contribution in [2.45, 2.75) is 0 Å². The van der Waals surface area contributed by atoms with Crippen LogP contribution < -0.4 is 10.0 Å². The van der Waals surface area contributed by atoms with E-state index in [1.807, 2.05) is 0 Å². The Labute approximate surface area is 139 Å². The van der Waals surface area contributed by atoms with Crippen LogP contribution in [0.4, 0.5) is 0 Å². The molecule has 0 aromatic heterocycles. The van der Waals surface area contributed by atoms with Crippen LogP contribution in [0.3, 0.4) is 0 Å². The maximum absolute atomic E-state index is 11.7. The number of likely N-dealkylation sites (N-methyl/N-ethyl adjacent to an activating group) is 1. The van der Waals surface area contributed by atoms with Crippen molar-refractivity contribution in [1.29, 1.82) is 0 Å². The SMILES string of the molecule is CNCCN(CCN(CCNS(C)(=O)=O)S(C)(=O)=O)S(C)(=O)=O. The van der Waals surface area contributed by atoms with Crippen LogP contribution in [0, 0.1) is 0 Å². The lowest BCUT2D eigenvalue weighted by molar-refractivity contribution is 0.348. The molecule has 0 bridgehead atoms. The second-order valence-corrected chi connectivity index (χ2v) is 10.9. The van der Waals surface area contributed by atoms with Gasteiger partial charge in [-0.05, 0) is 7.05 Å². The van der Waals surface area contributed by atoms with E-state index in [1.54, 1.807) is 7.05 Å². The van der Waals surface area contributed by atoms with Gasteiger partial charge in [0.05, 0.1) is 18.8 Å². The van der Waals surface area contributed by atoms with Crippen LogP contribution in [-0.2, 0) is 30.1 Å². The van der Waals surface area contributed by atoms with Gasteiger partial charge in [0.25, 0.3) is 0 Å². The Hall–Kier alpha value is -0.310. The summed E-state index contributed by atoms with van der Waals surface area (Å²) in [7, 11) is -8.78. The molecule has 10 nitrogen and oxygen atoms in total. The third-order valence-corrected chi connectivity index (χ3v) is 6.21. The largest absolute Gasteiger partial charge is 0.318 e. The highest BCUT2D eigenvalue weighted by atomic mass is 32.2. The fourth-order valence-corrected chi connectivity index (χ4v) is 3.84. The Morgan fingerprint density at radius 1 is 0.696 bits per heavy atom. The minimum Gasteiger partial charge on any atom is -0.318 e. The molecular formula is C10H26N4O6S3. The Kier molecular flexibility index (Phi) is 9.12. The quantitative estimate of drug-likeness (QED) is 0.367. The van der Waals surface area contributed by atoms with Gasteiger partial charge in [-0.15, -0.1) is 0 Å². The number of nitrogens with zero attached hydrogens (tertiary/aromatic N) is 2. The third-order valence-electron chi connectivity index (χ3n) is 2.87. The zero-order valence-electron chi connectivity index (χ0n) is 13.8. The molecule has 0 fully saturated rings. The number of hydrogen-bond donors (Lipinski definition) is 2. The summed E-state index contributed by atoms with van der Waals surface area (Å²) in [5, 5.41) is 2.82. The van der Waals surface area contributed by atoms with Crippen LogP contribution in [0.25, 0.3) is 0 Å². The van der Waals surface area contributed by atoms with E-state index >= 15 is 0 Å². The van der Waals surface area contributed by atoms with Crippen molar-refractivity contribution in [2.75, 3.05) is 65.1 Å². The normalized spacial score (nSPS) is 13.8. The molecule has 0 aliphatic rings. The number of rotatable bonds is 12. The number of hydrogen-bond acceptors (Lipinski definition) is 7. The highest BCUT2D eigenvalue weighted by molar-refractivity contribution is 7.89. The molecule has 0 rings (SSSR count). The summed E-state index contributed by atoms with van der Waals surface area (Å²) in [6, 6.07) is 0. The van der Waals surface area contributed by atoms with Crippen molar-refractivity contribution >= 4 is 30.1 Å². The second-order valence-electron chi connectivity index (χ2n) is 5.09. The molecule has 0 atom stereocenters. The molecule has 0 aromatic carbocycles. The van der Waals surface area contributed by atoms with E-state index in [1.165, 1.54) is 4.31 Å². The van der Waals surface area contributed by atoms with Gasteiger partial charge in [0.15, 0.2) is 0 Å². The topological polar surface area (TPSA) is 133 Å². The van der Waals surface area contributed by atoms with E-state index in [2.05, 4.69) is 10.0 Å². The van der Waals surface area contributed by atoms with Gasteiger partial charge >= 0.3 is 0 Å². The highest BCUT2D eigenvalue weighted by Gasteiger charge is 2.21. The van der Waals surface area contributed by atoms with Gasteiger partial charge in [-0.3, -0.25) is 0 Å². The van der Waals surface area contributed by atoms with Gasteiger partial charge in [0.2, 0.25) is 30.1 Å². The molecule has 0 aliphatic carbocycles. The van der Waals surface area contributed by atoms with Gasteiger partial charge in [0.1, 0.15) is 0 Å². The predicted octanol–water partition coefficient (Wildman–Crippen LogP) is -2.72. The summed E-state index contributed by atoms with van der Waals surface area (Å²) in [6.45, 7) is 0.431. The molecule has 0 amide bonds. The lowest BCUT2D eigenvalue weighted by atomic mass is 10.5. The van der Waals surface area contributed by atoms with Crippen molar-refractivity contribution < 1.29 is 25.3 Å². The average molecular weight is 395 g/mol. The van der Waals surface area contributed by atoms with Crippen LogP contribution in [0.5, 0.6) is 0 Å². The maximum atomic E-state index is 11.7. The van der Waals surface area contributed by atoms with Crippen LogP contribution in [-0.4, -0.2) is 98.9 Å². The Bertz CT molecular complexity index is 659. The molecular weight excluding hydrogens is 368 g/mol. The summed E-state index contributed by atoms with van der Waals surface area (Å²) in [4.78, 5) is 0. The smallest absolute Gasteiger partial charge is 0.211 e. The van der Waals surface area contributed by atoms with Crippen molar-refractivity contribution in [3.05, 3.63) is 0 Å². The van der Waals surface area contributed by atoms with Gasteiger partial charge in [-0.2, -0.15) is 8.61 Å². The fraction of sp³-hybridized carbons (Fsp3) is 1.00. The zero-order chi connectivity index (χ0) is 18.3. The van der Waals surface area contributed by atoms with Gasteiger partial charge in [-0.25, -0.2) is 30.0 Å². The average Bonchev–Trinajstić information content (AvgIpc) is 2.32. The number of nitrogens with one attached hydrogen (secondary N) is 2. The minimum atomic E-state index is -3.58. The molecule has 0 saturated heterocycles. The molecule has 140 valence electrons. The van der Waals surface area contributed by atoms with E-state index < -0.39 is 30.1 Å². The summed E-state index contributed by atoms with van der Waals surface area (Å²) in [6.07, 6.45) is 3.02. The summed E-state index contributed by atoms with van der Waals surface area (Å²) >= 11 is 0. The molecule has 0 spiro atoms. The first-order valence-electron chi connectivity index (χ1n) is 6.77. The minimum absolute atomic E-state index is 0.00748. The van der Waals surface area contributed by atoms with Gasteiger partial charge in [-0.1, -0.05) is 0 Å². The van der Waals surface area contributed by atoms with E-state index in [4.69, 9.17) is 0 Å². The Morgan fingerprint density at radius 2 is 1.09 bits per heavy atom. The summed E-state index contributed by atoms with van der Waals surface area (Å²) < 4.78 is 73.3. The van der Waals surface area contributed by atoms with E-state index in [0.29, 0.717) is 6.54 Å². The Balaban J connectivity index is 4.83. The Morgan fingerprint density at radius 3 is 1.39 bits per heavy atom. The molecule has 0 saturated carbocycles. The van der Waals surface area contributed by atoms with Crippen molar-refractivity contribution in [3.63, 3.8) is 0 Å².